The van der Waals surface area contributed by atoms with E-state index in [1.807, 2.05) is 32.9 Å². The lowest BCUT2D eigenvalue weighted by Crippen LogP contribution is -2.45. The number of benzene rings is 2. The van der Waals surface area contributed by atoms with Crippen LogP contribution in [0.4, 0.5) is 0 Å². The molecule has 2 rings (SSSR count). The molecule has 35 heavy (non-hydrogen) atoms. The molecule has 0 aliphatic carbocycles. The van der Waals surface area contributed by atoms with E-state index in [0.29, 0.717) is 26.4 Å². The van der Waals surface area contributed by atoms with Crippen LogP contribution < -0.4 is 0 Å². The van der Waals surface area contributed by atoms with Crippen molar-refractivity contribution in [2.75, 3.05) is 26.4 Å². The fraction of sp³-hybridized carbons (Fsp3) is 0.483. The van der Waals surface area contributed by atoms with E-state index in [2.05, 4.69) is 43.3 Å². The summed E-state index contributed by atoms with van der Waals surface area (Å²) in [5.41, 5.74) is 4.66. The lowest BCUT2D eigenvalue weighted by molar-refractivity contribution is -0.137. The third kappa shape index (κ3) is 10.5. The Balaban J connectivity index is 1.67. The highest BCUT2D eigenvalue weighted by Crippen LogP contribution is 2.22. The van der Waals surface area contributed by atoms with Gasteiger partial charge >= 0.3 is 14.8 Å². The zero-order chi connectivity index (χ0) is 25.4. The molecule has 0 saturated heterocycles. The lowest BCUT2D eigenvalue weighted by atomic mass is 10.0. The first-order chi connectivity index (χ1) is 17.1. The Kier molecular flexibility index (Phi) is 13.6. The minimum absolute atomic E-state index is 0.306. The molecule has 6 heteroatoms. The van der Waals surface area contributed by atoms with Crippen molar-refractivity contribution >= 4 is 20.8 Å². The van der Waals surface area contributed by atoms with E-state index in [9.17, 15) is 4.79 Å². The molecule has 2 aromatic carbocycles. The minimum Gasteiger partial charge on any atom is -0.463 e. The zero-order valence-corrected chi connectivity index (χ0v) is 22.9. The molecule has 5 nitrogen and oxygen atoms in total. The maximum absolute atomic E-state index is 12.0. The highest BCUT2D eigenvalue weighted by Gasteiger charge is 2.39. The molecule has 0 atom stereocenters. The van der Waals surface area contributed by atoms with Crippen LogP contribution in [0.5, 0.6) is 0 Å². The van der Waals surface area contributed by atoms with Crippen molar-refractivity contribution < 1.29 is 22.8 Å². The maximum atomic E-state index is 12.0. The number of hydrogen-bond donors (Lipinski definition) is 0. The largest absolute Gasteiger partial charge is 0.500 e. The molecule has 0 heterocycles. The molecular weight excluding hydrogens is 456 g/mol. The normalized spacial score (nSPS) is 11.8. The first-order valence-corrected chi connectivity index (χ1v) is 14.9. The van der Waals surface area contributed by atoms with Crippen LogP contribution >= 0.6 is 0 Å². The predicted octanol–water partition coefficient (Wildman–Crippen LogP) is 7.08. The number of ether oxygens (including phenoxy) is 1. The standard InChI is InChI=1S/C29H42O5Si/c1-5-25-13-18-27(19-14-25)28-20-15-26(16-21-28)17-22-29(30)31-23-11-9-10-12-24-35(32-6-2,33-7-3)34-8-4/h13-22H,5-12,23-24H2,1-4H3/b22-17+. The van der Waals surface area contributed by atoms with E-state index in [0.717, 1.165) is 49.3 Å². The fourth-order valence-electron chi connectivity index (χ4n) is 3.90. The van der Waals surface area contributed by atoms with Gasteiger partial charge in [-0.25, -0.2) is 4.79 Å². The Labute approximate surface area is 212 Å². The Morgan fingerprint density at radius 1 is 0.743 bits per heavy atom. The van der Waals surface area contributed by atoms with Gasteiger partial charge < -0.3 is 18.0 Å². The molecule has 0 unspecified atom stereocenters. The summed E-state index contributed by atoms with van der Waals surface area (Å²) in [5.74, 6) is -0.306. The van der Waals surface area contributed by atoms with E-state index >= 15 is 0 Å². The molecule has 0 fully saturated rings. The number of unbranched alkanes of at least 4 members (excludes halogenated alkanes) is 3. The van der Waals surface area contributed by atoms with Crippen LogP contribution in [0, 0.1) is 0 Å². The molecule has 0 spiro atoms. The summed E-state index contributed by atoms with van der Waals surface area (Å²) >= 11 is 0. The average Bonchev–Trinajstić information content (AvgIpc) is 2.88. The summed E-state index contributed by atoms with van der Waals surface area (Å²) in [7, 11) is -2.55. The molecule has 0 N–H and O–H groups in total. The molecule has 0 aliphatic rings. The van der Waals surface area contributed by atoms with Crippen LogP contribution in [-0.2, 0) is 29.2 Å². The molecule has 0 bridgehead atoms. The third-order valence-electron chi connectivity index (χ3n) is 5.73. The van der Waals surface area contributed by atoms with Crippen LogP contribution in [0.25, 0.3) is 17.2 Å². The van der Waals surface area contributed by atoms with Crippen LogP contribution in [0.2, 0.25) is 6.04 Å². The number of carbonyl (C=O) groups excluding carboxylic acids is 1. The maximum Gasteiger partial charge on any atom is 0.500 e. The van der Waals surface area contributed by atoms with Crippen molar-refractivity contribution in [2.24, 2.45) is 0 Å². The highest BCUT2D eigenvalue weighted by molar-refractivity contribution is 6.60. The summed E-state index contributed by atoms with van der Waals surface area (Å²) in [5, 5.41) is 0. The summed E-state index contributed by atoms with van der Waals surface area (Å²) in [6, 6.07) is 17.6. The fourth-order valence-corrected chi connectivity index (χ4v) is 6.59. The molecule has 0 radical (unpaired) electrons. The first kappa shape index (κ1) is 29.0. The van der Waals surface area contributed by atoms with Gasteiger partial charge in [-0.2, -0.15) is 0 Å². The van der Waals surface area contributed by atoms with Gasteiger partial charge in [-0.05, 0) is 68.4 Å². The smallest absolute Gasteiger partial charge is 0.463 e. The molecule has 192 valence electrons. The van der Waals surface area contributed by atoms with Crippen molar-refractivity contribution in [2.45, 2.75) is 65.8 Å². The van der Waals surface area contributed by atoms with Gasteiger partial charge in [-0.3, -0.25) is 0 Å². The van der Waals surface area contributed by atoms with Crippen molar-refractivity contribution in [3.63, 3.8) is 0 Å². The van der Waals surface area contributed by atoms with Gasteiger partial charge in [0.15, 0.2) is 0 Å². The van der Waals surface area contributed by atoms with Crippen LogP contribution in [0.1, 0.15) is 64.5 Å². The van der Waals surface area contributed by atoms with Crippen molar-refractivity contribution in [3.05, 3.63) is 65.7 Å². The van der Waals surface area contributed by atoms with E-state index in [1.165, 1.54) is 17.2 Å². The molecular formula is C29H42O5Si. The van der Waals surface area contributed by atoms with Crippen LogP contribution in [-0.4, -0.2) is 41.2 Å². The lowest BCUT2D eigenvalue weighted by Gasteiger charge is -2.28. The van der Waals surface area contributed by atoms with Crippen molar-refractivity contribution in [1.82, 2.24) is 0 Å². The van der Waals surface area contributed by atoms with E-state index < -0.39 is 8.80 Å². The Bertz CT molecular complexity index is 860. The van der Waals surface area contributed by atoms with Crippen molar-refractivity contribution in [3.8, 4) is 11.1 Å². The number of hydrogen-bond acceptors (Lipinski definition) is 5. The summed E-state index contributed by atoms with van der Waals surface area (Å²) < 4.78 is 23.0. The number of carbonyl (C=O) groups is 1. The van der Waals surface area contributed by atoms with E-state index in [4.69, 9.17) is 18.0 Å². The monoisotopic (exact) mass is 498 g/mol. The van der Waals surface area contributed by atoms with Gasteiger partial charge in [0.25, 0.3) is 0 Å². The molecule has 0 saturated carbocycles. The Morgan fingerprint density at radius 2 is 1.29 bits per heavy atom. The second-order valence-electron chi connectivity index (χ2n) is 8.32. The number of esters is 1. The van der Waals surface area contributed by atoms with Crippen LogP contribution in [0.15, 0.2) is 54.6 Å². The molecule has 0 aliphatic heterocycles. The van der Waals surface area contributed by atoms with Crippen molar-refractivity contribution in [1.29, 1.82) is 0 Å². The molecule has 0 amide bonds. The quantitative estimate of drug-likeness (QED) is 0.101. The van der Waals surface area contributed by atoms with E-state index in [1.54, 1.807) is 6.08 Å². The average molecular weight is 499 g/mol. The minimum atomic E-state index is -2.55. The summed E-state index contributed by atoms with van der Waals surface area (Å²) in [6.07, 6.45) is 8.19. The van der Waals surface area contributed by atoms with Gasteiger partial charge in [-0.15, -0.1) is 0 Å². The van der Waals surface area contributed by atoms with Gasteiger partial charge in [0.05, 0.1) is 6.61 Å². The van der Waals surface area contributed by atoms with E-state index in [-0.39, 0.29) is 5.97 Å². The topological polar surface area (TPSA) is 54.0 Å². The van der Waals surface area contributed by atoms with Gasteiger partial charge in [0, 0.05) is 31.9 Å². The van der Waals surface area contributed by atoms with Gasteiger partial charge in [0.1, 0.15) is 0 Å². The summed E-state index contributed by atoms with van der Waals surface area (Å²) in [6.45, 7) is 10.3. The van der Waals surface area contributed by atoms with Crippen LogP contribution in [0.3, 0.4) is 0 Å². The first-order valence-electron chi connectivity index (χ1n) is 13.0. The Morgan fingerprint density at radius 3 is 1.83 bits per heavy atom. The summed E-state index contributed by atoms with van der Waals surface area (Å²) in [4.78, 5) is 12.0. The van der Waals surface area contributed by atoms with Gasteiger partial charge in [-0.1, -0.05) is 68.3 Å². The predicted molar refractivity (Wildman–Crippen MR) is 145 cm³/mol. The molecule has 2 aromatic rings. The number of aryl methyl sites for hydroxylation is 1. The third-order valence-corrected chi connectivity index (χ3v) is 8.88. The SMILES string of the molecule is CCO[Si](CCCCCCOC(=O)/C=C/c1ccc(-c2ccc(CC)cc2)cc1)(OCC)OCC. The van der Waals surface area contributed by atoms with Gasteiger partial charge in [0.2, 0.25) is 0 Å². The second kappa shape index (κ2) is 16.4. The number of rotatable bonds is 17. The zero-order valence-electron chi connectivity index (χ0n) is 21.9. The molecule has 0 aromatic heterocycles. The highest BCUT2D eigenvalue weighted by atomic mass is 28.4. The Hall–Kier alpha value is -2.25. The second-order valence-corrected chi connectivity index (χ2v) is 11.1.